The third-order valence-electron chi connectivity index (χ3n) is 2.63. The van der Waals surface area contributed by atoms with Gasteiger partial charge in [-0.25, -0.2) is 9.50 Å². The monoisotopic (exact) mass is 277 g/mol. The second-order valence-electron chi connectivity index (χ2n) is 3.95. The quantitative estimate of drug-likeness (QED) is 0.670. The van der Waals surface area contributed by atoms with E-state index in [2.05, 4.69) is 10.1 Å². The van der Waals surface area contributed by atoms with Crippen molar-refractivity contribution < 1.29 is 0 Å². The van der Waals surface area contributed by atoms with Crippen LogP contribution in [-0.2, 0) is 6.42 Å². The SMILES string of the molecule is Clc1ccc(Cc2nc3cccc(Cl)n3n2)cc1. The highest BCUT2D eigenvalue weighted by Gasteiger charge is 2.06. The zero-order valence-electron chi connectivity index (χ0n) is 9.35. The maximum Gasteiger partial charge on any atom is 0.157 e. The van der Waals surface area contributed by atoms with Gasteiger partial charge < -0.3 is 0 Å². The van der Waals surface area contributed by atoms with E-state index in [1.165, 1.54) is 0 Å². The lowest BCUT2D eigenvalue weighted by atomic mass is 10.1. The third kappa shape index (κ3) is 2.19. The molecule has 0 aliphatic heterocycles. The van der Waals surface area contributed by atoms with Crippen molar-refractivity contribution in [3.8, 4) is 0 Å². The predicted molar refractivity (Wildman–Crippen MR) is 72.3 cm³/mol. The van der Waals surface area contributed by atoms with Gasteiger partial charge in [-0.2, -0.15) is 0 Å². The lowest BCUT2D eigenvalue weighted by molar-refractivity contribution is 0.900. The number of aromatic nitrogens is 3. The van der Waals surface area contributed by atoms with Crippen LogP contribution in [0.2, 0.25) is 10.2 Å². The average Bonchev–Trinajstić information content (AvgIpc) is 2.76. The fraction of sp³-hybridized carbons (Fsp3) is 0.0769. The molecule has 3 nitrogen and oxygen atoms in total. The van der Waals surface area contributed by atoms with E-state index in [0.717, 1.165) is 22.1 Å². The first-order valence-corrected chi connectivity index (χ1v) is 6.22. The van der Waals surface area contributed by atoms with Crippen LogP contribution in [0.5, 0.6) is 0 Å². The van der Waals surface area contributed by atoms with Crippen molar-refractivity contribution in [1.29, 1.82) is 0 Å². The number of halogens is 2. The van der Waals surface area contributed by atoms with Gasteiger partial charge in [0.25, 0.3) is 0 Å². The number of pyridine rings is 1. The van der Waals surface area contributed by atoms with Crippen LogP contribution in [0.1, 0.15) is 11.4 Å². The maximum atomic E-state index is 6.04. The fourth-order valence-corrected chi connectivity index (χ4v) is 2.10. The number of rotatable bonds is 2. The van der Waals surface area contributed by atoms with Crippen molar-refractivity contribution in [3.05, 3.63) is 64.0 Å². The largest absolute Gasteiger partial charge is 0.212 e. The highest BCUT2D eigenvalue weighted by Crippen LogP contribution is 2.14. The molecular weight excluding hydrogens is 269 g/mol. The van der Waals surface area contributed by atoms with Crippen LogP contribution in [0.3, 0.4) is 0 Å². The van der Waals surface area contributed by atoms with Gasteiger partial charge >= 0.3 is 0 Å². The van der Waals surface area contributed by atoms with Gasteiger partial charge in [0.15, 0.2) is 11.5 Å². The Morgan fingerprint density at radius 2 is 1.78 bits per heavy atom. The van der Waals surface area contributed by atoms with E-state index in [1.54, 1.807) is 10.6 Å². The number of nitrogens with zero attached hydrogens (tertiary/aromatic N) is 3. The summed E-state index contributed by atoms with van der Waals surface area (Å²) in [6.07, 6.45) is 0.662. The van der Waals surface area contributed by atoms with Gasteiger partial charge in [0.05, 0.1) is 0 Å². The van der Waals surface area contributed by atoms with Crippen molar-refractivity contribution in [3.63, 3.8) is 0 Å². The molecule has 0 spiro atoms. The van der Waals surface area contributed by atoms with Crippen LogP contribution in [0.4, 0.5) is 0 Å². The Bertz CT molecular complexity index is 689. The molecule has 2 aromatic heterocycles. The second kappa shape index (κ2) is 4.59. The predicted octanol–water partition coefficient (Wildman–Crippen LogP) is 3.63. The van der Waals surface area contributed by atoms with Crippen molar-refractivity contribution in [2.75, 3.05) is 0 Å². The molecule has 2 heterocycles. The first kappa shape index (κ1) is 11.5. The fourth-order valence-electron chi connectivity index (χ4n) is 1.78. The van der Waals surface area contributed by atoms with E-state index in [4.69, 9.17) is 23.2 Å². The smallest absolute Gasteiger partial charge is 0.157 e. The molecule has 0 saturated heterocycles. The lowest BCUT2D eigenvalue weighted by Crippen LogP contribution is -1.92. The first-order valence-electron chi connectivity index (χ1n) is 5.47. The van der Waals surface area contributed by atoms with Gasteiger partial charge in [-0.3, -0.25) is 0 Å². The Morgan fingerprint density at radius 1 is 1.00 bits per heavy atom. The third-order valence-corrected chi connectivity index (χ3v) is 3.17. The molecule has 90 valence electrons. The molecule has 3 aromatic rings. The minimum absolute atomic E-state index is 0.558. The summed E-state index contributed by atoms with van der Waals surface area (Å²) in [6.45, 7) is 0. The van der Waals surface area contributed by atoms with E-state index in [0.29, 0.717) is 11.6 Å². The first-order chi connectivity index (χ1) is 8.72. The Balaban J connectivity index is 1.95. The number of hydrogen-bond donors (Lipinski definition) is 0. The average molecular weight is 278 g/mol. The molecule has 0 atom stereocenters. The van der Waals surface area contributed by atoms with Crippen molar-refractivity contribution >= 4 is 28.8 Å². The molecule has 18 heavy (non-hydrogen) atoms. The van der Waals surface area contributed by atoms with E-state index in [1.807, 2.05) is 36.4 Å². The van der Waals surface area contributed by atoms with Crippen LogP contribution < -0.4 is 0 Å². The van der Waals surface area contributed by atoms with Gasteiger partial charge in [0.1, 0.15) is 5.15 Å². The van der Waals surface area contributed by atoms with Gasteiger partial charge in [0, 0.05) is 11.4 Å². The molecule has 0 bridgehead atoms. The molecule has 0 amide bonds. The van der Waals surface area contributed by atoms with Crippen LogP contribution in [0.15, 0.2) is 42.5 Å². The molecule has 0 N–H and O–H groups in total. The van der Waals surface area contributed by atoms with Crippen molar-refractivity contribution in [1.82, 2.24) is 14.6 Å². The van der Waals surface area contributed by atoms with Gasteiger partial charge in [-0.15, -0.1) is 5.10 Å². The number of fused-ring (bicyclic) bond motifs is 1. The summed E-state index contributed by atoms with van der Waals surface area (Å²) in [4.78, 5) is 4.43. The zero-order chi connectivity index (χ0) is 12.5. The molecular formula is C13H9Cl2N3. The van der Waals surface area contributed by atoms with Crippen molar-refractivity contribution in [2.24, 2.45) is 0 Å². The van der Waals surface area contributed by atoms with Crippen molar-refractivity contribution in [2.45, 2.75) is 6.42 Å². The Kier molecular flexibility index (Phi) is 2.94. The molecule has 0 aliphatic carbocycles. The Hall–Kier alpha value is -1.58. The van der Waals surface area contributed by atoms with E-state index < -0.39 is 0 Å². The zero-order valence-corrected chi connectivity index (χ0v) is 10.9. The Morgan fingerprint density at radius 3 is 2.50 bits per heavy atom. The van der Waals surface area contributed by atoms with E-state index >= 15 is 0 Å². The summed E-state index contributed by atoms with van der Waals surface area (Å²) >= 11 is 11.9. The van der Waals surface area contributed by atoms with Crippen LogP contribution in [0.25, 0.3) is 5.65 Å². The van der Waals surface area contributed by atoms with Gasteiger partial charge in [-0.1, -0.05) is 41.4 Å². The molecule has 0 fully saturated rings. The summed E-state index contributed by atoms with van der Waals surface area (Å²) in [7, 11) is 0. The molecule has 5 heteroatoms. The van der Waals surface area contributed by atoms with Gasteiger partial charge in [0.2, 0.25) is 0 Å². The van der Waals surface area contributed by atoms with Crippen LogP contribution in [0, 0.1) is 0 Å². The summed E-state index contributed by atoms with van der Waals surface area (Å²) in [5.41, 5.74) is 1.87. The molecule has 0 aliphatic rings. The van der Waals surface area contributed by atoms with E-state index in [9.17, 15) is 0 Å². The molecule has 0 radical (unpaired) electrons. The van der Waals surface area contributed by atoms with Crippen LogP contribution >= 0.6 is 23.2 Å². The Labute approximate surface area is 114 Å². The lowest BCUT2D eigenvalue weighted by Gasteiger charge is -1.96. The summed E-state index contributed by atoms with van der Waals surface area (Å²) < 4.78 is 1.63. The molecule has 1 aromatic carbocycles. The van der Waals surface area contributed by atoms with Crippen LogP contribution in [-0.4, -0.2) is 14.6 Å². The topological polar surface area (TPSA) is 30.2 Å². The summed E-state index contributed by atoms with van der Waals surface area (Å²) in [5, 5.41) is 5.65. The standard InChI is InChI=1S/C13H9Cl2N3/c14-10-6-4-9(5-7-10)8-12-16-13-3-1-2-11(15)18(13)17-12/h1-7H,8H2. The number of hydrogen-bond acceptors (Lipinski definition) is 2. The molecule has 0 unspecified atom stereocenters. The summed E-state index contributed by atoms with van der Waals surface area (Å²) in [5.74, 6) is 0.741. The highest BCUT2D eigenvalue weighted by molar-refractivity contribution is 6.30. The minimum atomic E-state index is 0.558. The van der Waals surface area contributed by atoms with E-state index in [-0.39, 0.29) is 0 Å². The minimum Gasteiger partial charge on any atom is -0.212 e. The molecule has 3 rings (SSSR count). The highest BCUT2D eigenvalue weighted by atomic mass is 35.5. The maximum absolute atomic E-state index is 6.04. The van der Waals surface area contributed by atoms with Gasteiger partial charge in [-0.05, 0) is 29.8 Å². The number of benzene rings is 1. The molecule has 0 saturated carbocycles. The normalized spacial score (nSPS) is 11.0. The summed E-state index contributed by atoms with van der Waals surface area (Å²) in [6, 6.07) is 13.2. The second-order valence-corrected chi connectivity index (χ2v) is 4.77.